The van der Waals surface area contributed by atoms with Crippen molar-refractivity contribution >= 4 is 22.4 Å². The predicted molar refractivity (Wildman–Crippen MR) is 104 cm³/mol. The minimum absolute atomic E-state index is 0.112. The Kier molecular flexibility index (Phi) is 5.63. The molecule has 0 fully saturated rings. The van der Waals surface area contributed by atoms with Crippen LogP contribution in [0.4, 0.5) is 5.69 Å². The van der Waals surface area contributed by atoms with E-state index in [0.717, 1.165) is 29.4 Å². The summed E-state index contributed by atoms with van der Waals surface area (Å²) in [5.41, 5.74) is 1.29. The first kappa shape index (κ1) is 18.1. The molecule has 0 aliphatic heterocycles. The fourth-order valence-electron chi connectivity index (χ4n) is 2.95. The largest absolute Gasteiger partial charge is 0.308 e. The number of fused-ring (bicyclic) bond motifs is 1. The second-order valence-corrected chi connectivity index (χ2v) is 6.63. The molecule has 1 aromatic heterocycles. The van der Waals surface area contributed by atoms with Crippen molar-refractivity contribution in [3.63, 3.8) is 0 Å². The average Bonchev–Trinajstić information content (AvgIpc) is 3.13. The summed E-state index contributed by atoms with van der Waals surface area (Å²) >= 11 is 0. The number of carbonyl (C=O) groups is 1. The minimum Gasteiger partial charge on any atom is -0.308 e. The number of hydrogen-bond acceptors (Lipinski definition) is 4. The number of anilines is 1. The van der Waals surface area contributed by atoms with Crippen molar-refractivity contribution in [2.75, 3.05) is 32.1 Å². The van der Waals surface area contributed by atoms with Gasteiger partial charge in [-0.1, -0.05) is 48.5 Å². The van der Waals surface area contributed by atoms with Crippen molar-refractivity contribution < 1.29 is 4.79 Å². The first-order chi connectivity index (χ1) is 12.6. The fraction of sp³-hybridized carbons (Fsp3) is 0.350. The lowest BCUT2D eigenvalue weighted by molar-refractivity contribution is 0.0982. The van der Waals surface area contributed by atoms with Crippen LogP contribution >= 0.6 is 0 Å². The Balaban J connectivity index is 1.91. The molecule has 0 saturated carbocycles. The van der Waals surface area contributed by atoms with Crippen LogP contribution in [0, 0.1) is 0 Å². The summed E-state index contributed by atoms with van der Waals surface area (Å²) in [4.78, 5) is 17.0. The maximum absolute atomic E-state index is 13.1. The molecule has 0 aliphatic carbocycles. The van der Waals surface area contributed by atoms with E-state index in [2.05, 4.69) is 40.3 Å². The molecule has 0 aliphatic rings. The minimum atomic E-state index is -0.112. The van der Waals surface area contributed by atoms with Crippen LogP contribution in [0.3, 0.4) is 0 Å². The van der Waals surface area contributed by atoms with E-state index in [-0.39, 0.29) is 5.91 Å². The van der Waals surface area contributed by atoms with Crippen molar-refractivity contribution in [3.8, 4) is 0 Å². The molecule has 6 heteroatoms. The van der Waals surface area contributed by atoms with Crippen molar-refractivity contribution in [2.45, 2.75) is 19.9 Å². The molecule has 1 amide bonds. The highest BCUT2D eigenvalue weighted by molar-refractivity contribution is 6.09. The van der Waals surface area contributed by atoms with E-state index in [1.54, 1.807) is 10.9 Å². The van der Waals surface area contributed by atoms with Gasteiger partial charge in [0, 0.05) is 18.5 Å². The van der Waals surface area contributed by atoms with Gasteiger partial charge in [0.15, 0.2) is 5.69 Å². The predicted octanol–water partition coefficient (Wildman–Crippen LogP) is 3.05. The van der Waals surface area contributed by atoms with Gasteiger partial charge in [-0.05, 0) is 32.0 Å². The quantitative estimate of drug-likeness (QED) is 0.656. The van der Waals surface area contributed by atoms with Crippen LogP contribution in [0.25, 0.3) is 10.8 Å². The van der Waals surface area contributed by atoms with E-state index in [0.29, 0.717) is 18.8 Å². The molecule has 0 N–H and O–H groups in total. The first-order valence-corrected chi connectivity index (χ1v) is 8.94. The Morgan fingerprint density at radius 3 is 2.62 bits per heavy atom. The molecule has 2 aromatic carbocycles. The van der Waals surface area contributed by atoms with Crippen molar-refractivity contribution in [1.29, 1.82) is 0 Å². The number of benzene rings is 2. The Labute approximate surface area is 154 Å². The zero-order valence-corrected chi connectivity index (χ0v) is 15.6. The lowest BCUT2D eigenvalue weighted by Crippen LogP contribution is -2.32. The maximum Gasteiger partial charge on any atom is 0.280 e. The van der Waals surface area contributed by atoms with Crippen LogP contribution < -0.4 is 4.90 Å². The molecule has 6 nitrogen and oxygen atoms in total. The highest BCUT2D eigenvalue weighted by atomic mass is 16.2. The SMILES string of the molecule is CCCN(C(=O)c1cn(CCN(C)C)nn1)c1cccc2ccccc12. The van der Waals surface area contributed by atoms with E-state index >= 15 is 0 Å². The van der Waals surface area contributed by atoms with Crippen LogP contribution in [-0.2, 0) is 6.54 Å². The van der Waals surface area contributed by atoms with Crippen molar-refractivity contribution in [1.82, 2.24) is 19.9 Å². The summed E-state index contributed by atoms with van der Waals surface area (Å²) in [5.74, 6) is -0.112. The summed E-state index contributed by atoms with van der Waals surface area (Å²) in [6.07, 6.45) is 2.60. The Hall–Kier alpha value is -2.73. The van der Waals surface area contributed by atoms with Gasteiger partial charge >= 0.3 is 0 Å². The second kappa shape index (κ2) is 8.10. The van der Waals surface area contributed by atoms with Crippen LogP contribution in [-0.4, -0.2) is 53.0 Å². The van der Waals surface area contributed by atoms with Crippen molar-refractivity contribution in [2.24, 2.45) is 0 Å². The lowest BCUT2D eigenvalue weighted by atomic mass is 10.1. The first-order valence-electron chi connectivity index (χ1n) is 8.94. The Morgan fingerprint density at radius 1 is 1.08 bits per heavy atom. The molecule has 0 radical (unpaired) electrons. The van der Waals surface area contributed by atoms with E-state index < -0.39 is 0 Å². The average molecular weight is 351 g/mol. The maximum atomic E-state index is 13.1. The monoisotopic (exact) mass is 351 g/mol. The summed E-state index contributed by atoms with van der Waals surface area (Å²) in [6, 6.07) is 14.2. The Morgan fingerprint density at radius 2 is 1.85 bits per heavy atom. The van der Waals surface area contributed by atoms with Crippen LogP contribution in [0.15, 0.2) is 48.7 Å². The summed E-state index contributed by atoms with van der Waals surface area (Å²) in [6.45, 7) is 4.26. The second-order valence-electron chi connectivity index (χ2n) is 6.63. The fourth-order valence-corrected chi connectivity index (χ4v) is 2.95. The van der Waals surface area contributed by atoms with Gasteiger partial charge in [0.2, 0.25) is 0 Å². The molecule has 136 valence electrons. The Bertz CT molecular complexity index is 881. The molecule has 3 aromatic rings. The van der Waals surface area contributed by atoms with Crippen LogP contribution in [0.1, 0.15) is 23.8 Å². The molecule has 3 rings (SSSR count). The third-order valence-corrected chi connectivity index (χ3v) is 4.28. The molecule has 26 heavy (non-hydrogen) atoms. The van der Waals surface area contributed by atoms with Gasteiger partial charge in [0.25, 0.3) is 5.91 Å². The van der Waals surface area contributed by atoms with Gasteiger partial charge in [0.05, 0.1) is 18.4 Å². The number of nitrogens with zero attached hydrogens (tertiary/aromatic N) is 5. The van der Waals surface area contributed by atoms with Gasteiger partial charge in [-0.15, -0.1) is 5.10 Å². The summed E-state index contributed by atoms with van der Waals surface area (Å²) in [7, 11) is 4.01. The highest BCUT2D eigenvalue weighted by Gasteiger charge is 2.21. The zero-order valence-electron chi connectivity index (χ0n) is 15.6. The normalized spacial score (nSPS) is 11.2. The number of amides is 1. The molecule has 0 bridgehead atoms. The third kappa shape index (κ3) is 3.91. The van der Waals surface area contributed by atoms with E-state index in [1.807, 2.05) is 43.3 Å². The standard InChI is InChI=1S/C20H25N5O/c1-4-12-25(19-11-7-9-16-8-5-6-10-17(16)19)20(26)18-15-24(22-21-18)14-13-23(2)3/h5-11,15H,4,12-14H2,1-3H3. The van der Waals surface area contributed by atoms with E-state index in [4.69, 9.17) is 0 Å². The molecular weight excluding hydrogens is 326 g/mol. The number of likely N-dealkylation sites (N-methyl/N-ethyl adjacent to an activating group) is 1. The van der Waals surface area contributed by atoms with Gasteiger partial charge < -0.3 is 9.80 Å². The topological polar surface area (TPSA) is 54.3 Å². The van der Waals surface area contributed by atoms with E-state index in [1.165, 1.54) is 0 Å². The summed E-state index contributed by atoms with van der Waals surface area (Å²) < 4.78 is 1.72. The van der Waals surface area contributed by atoms with Gasteiger partial charge in [-0.3, -0.25) is 9.48 Å². The number of hydrogen-bond donors (Lipinski definition) is 0. The van der Waals surface area contributed by atoms with Gasteiger partial charge in [-0.2, -0.15) is 0 Å². The van der Waals surface area contributed by atoms with Gasteiger partial charge in [0.1, 0.15) is 0 Å². The smallest absolute Gasteiger partial charge is 0.280 e. The summed E-state index contributed by atoms with van der Waals surface area (Å²) in [5, 5.41) is 10.4. The molecule has 1 heterocycles. The van der Waals surface area contributed by atoms with Crippen LogP contribution in [0.2, 0.25) is 0 Å². The molecule has 0 unspecified atom stereocenters. The third-order valence-electron chi connectivity index (χ3n) is 4.28. The molecule has 0 atom stereocenters. The number of rotatable bonds is 7. The highest BCUT2D eigenvalue weighted by Crippen LogP contribution is 2.27. The molecule has 0 spiro atoms. The van der Waals surface area contributed by atoms with E-state index in [9.17, 15) is 4.79 Å². The molecule has 0 saturated heterocycles. The van der Waals surface area contributed by atoms with Crippen LogP contribution in [0.5, 0.6) is 0 Å². The van der Waals surface area contributed by atoms with Gasteiger partial charge in [-0.25, -0.2) is 0 Å². The lowest BCUT2D eigenvalue weighted by Gasteiger charge is -2.23. The zero-order chi connectivity index (χ0) is 18.5. The number of aromatic nitrogens is 3. The van der Waals surface area contributed by atoms with Crippen molar-refractivity contribution in [3.05, 3.63) is 54.4 Å². The molecular formula is C20H25N5O. The number of carbonyl (C=O) groups excluding carboxylic acids is 1.